The minimum absolute atomic E-state index is 0.150. The van der Waals surface area contributed by atoms with Gasteiger partial charge >= 0.3 is 12.2 Å². The van der Waals surface area contributed by atoms with Crippen LogP contribution in [-0.4, -0.2) is 83.9 Å². The number of amides is 2. The summed E-state index contributed by atoms with van der Waals surface area (Å²) in [6, 6.07) is 4.94. The number of carbonyl (C=O) groups is 1. The molecule has 2 aliphatic rings. The van der Waals surface area contributed by atoms with Crippen LogP contribution < -0.4 is 20.0 Å². The molecular formula is C22H29F3N8O. The SMILES string of the molecule is CCN1CC(C)N(C(=O)Nc2ccncn2)c2nc(N3CCCN(CC(F)(F)F)CC3)ccc21. The van der Waals surface area contributed by atoms with Crippen LogP contribution >= 0.6 is 0 Å². The van der Waals surface area contributed by atoms with Gasteiger partial charge in [-0.2, -0.15) is 13.2 Å². The van der Waals surface area contributed by atoms with Crippen molar-refractivity contribution < 1.29 is 18.0 Å². The van der Waals surface area contributed by atoms with E-state index in [2.05, 4.69) is 20.2 Å². The summed E-state index contributed by atoms with van der Waals surface area (Å²) in [4.78, 5) is 33.2. The van der Waals surface area contributed by atoms with Crippen molar-refractivity contribution in [3.8, 4) is 0 Å². The van der Waals surface area contributed by atoms with Crippen molar-refractivity contribution in [2.24, 2.45) is 0 Å². The highest BCUT2D eigenvalue weighted by Crippen LogP contribution is 2.36. The highest BCUT2D eigenvalue weighted by Gasteiger charge is 2.35. The Morgan fingerprint density at radius 2 is 2.00 bits per heavy atom. The van der Waals surface area contributed by atoms with Gasteiger partial charge in [-0.3, -0.25) is 15.1 Å². The highest BCUT2D eigenvalue weighted by atomic mass is 19.4. The first kappa shape index (κ1) is 24.0. The standard InChI is InChI=1S/C22H29F3N8O/c1-3-31-13-16(2)33(21(34)28-18-7-8-26-15-27-18)20-17(31)5-6-19(29-20)32-10-4-9-30(11-12-32)14-22(23,24)25/h5-8,15-16H,3-4,9-14H2,1-2H3,(H,26,27,28,34). The molecule has 0 aromatic carbocycles. The molecule has 12 heteroatoms. The molecule has 2 aromatic heterocycles. The number of pyridine rings is 1. The van der Waals surface area contributed by atoms with Crippen molar-refractivity contribution in [1.29, 1.82) is 0 Å². The predicted octanol–water partition coefficient (Wildman–Crippen LogP) is 3.21. The van der Waals surface area contributed by atoms with E-state index in [9.17, 15) is 18.0 Å². The molecule has 0 aliphatic carbocycles. The summed E-state index contributed by atoms with van der Waals surface area (Å²) < 4.78 is 38.5. The molecule has 2 aromatic rings. The Kier molecular flexibility index (Phi) is 7.05. The Labute approximate surface area is 196 Å². The van der Waals surface area contributed by atoms with E-state index in [0.29, 0.717) is 56.6 Å². The number of hydrogen-bond donors (Lipinski definition) is 1. The van der Waals surface area contributed by atoms with Gasteiger partial charge in [0.15, 0.2) is 5.82 Å². The second kappa shape index (κ2) is 10.00. The average Bonchev–Trinajstić information content (AvgIpc) is 3.03. The fraction of sp³-hybridized carbons (Fsp3) is 0.545. The van der Waals surface area contributed by atoms with Gasteiger partial charge in [0.2, 0.25) is 0 Å². The molecule has 1 fully saturated rings. The number of hydrogen-bond acceptors (Lipinski definition) is 7. The Morgan fingerprint density at radius 3 is 2.71 bits per heavy atom. The molecule has 9 nitrogen and oxygen atoms in total. The number of halogens is 3. The van der Waals surface area contributed by atoms with Gasteiger partial charge in [0.1, 0.15) is 18.0 Å². The fourth-order valence-electron chi connectivity index (χ4n) is 4.48. The van der Waals surface area contributed by atoms with E-state index in [1.165, 1.54) is 11.2 Å². The molecule has 1 unspecified atom stereocenters. The maximum Gasteiger partial charge on any atom is 0.401 e. The zero-order valence-corrected chi connectivity index (χ0v) is 19.3. The van der Waals surface area contributed by atoms with Crippen LogP contribution in [0.3, 0.4) is 0 Å². The van der Waals surface area contributed by atoms with Gasteiger partial charge < -0.3 is 9.80 Å². The smallest absolute Gasteiger partial charge is 0.367 e. The molecular weight excluding hydrogens is 449 g/mol. The number of nitrogens with one attached hydrogen (secondary N) is 1. The fourth-order valence-corrected chi connectivity index (χ4v) is 4.48. The van der Waals surface area contributed by atoms with E-state index >= 15 is 0 Å². The van der Waals surface area contributed by atoms with Crippen molar-refractivity contribution in [2.45, 2.75) is 32.5 Å². The largest absolute Gasteiger partial charge is 0.401 e. The molecule has 0 bridgehead atoms. The quantitative estimate of drug-likeness (QED) is 0.723. The Bertz CT molecular complexity index is 990. The molecule has 0 spiro atoms. The number of fused-ring (bicyclic) bond motifs is 1. The first-order chi connectivity index (χ1) is 16.2. The van der Waals surface area contributed by atoms with Gasteiger partial charge in [0, 0.05) is 45.5 Å². The summed E-state index contributed by atoms with van der Waals surface area (Å²) in [6.45, 7) is 6.22. The van der Waals surface area contributed by atoms with E-state index in [-0.39, 0.29) is 12.1 Å². The molecule has 1 saturated heterocycles. The van der Waals surface area contributed by atoms with Crippen molar-refractivity contribution in [3.05, 3.63) is 30.7 Å². The summed E-state index contributed by atoms with van der Waals surface area (Å²) in [6.07, 6.45) is -0.701. The summed E-state index contributed by atoms with van der Waals surface area (Å²) in [7, 11) is 0. The van der Waals surface area contributed by atoms with Crippen LogP contribution in [-0.2, 0) is 0 Å². The number of alkyl halides is 3. The number of urea groups is 1. The van der Waals surface area contributed by atoms with E-state index in [0.717, 1.165) is 12.2 Å². The number of likely N-dealkylation sites (N-methyl/N-ethyl adjacent to an activating group) is 1. The first-order valence-corrected chi connectivity index (χ1v) is 11.4. The topological polar surface area (TPSA) is 80.7 Å². The van der Waals surface area contributed by atoms with E-state index in [1.807, 2.05) is 30.9 Å². The van der Waals surface area contributed by atoms with Crippen LogP contribution in [0.25, 0.3) is 0 Å². The van der Waals surface area contributed by atoms with Crippen LogP contribution in [0.1, 0.15) is 20.3 Å². The summed E-state index contributed by atoms with van der Waals surface area (Å²) in [5.74, 6) is 1.57. The van der Waals surface area contributed by atoms with Crippen molar-refractivity contribution in [3.63, 3.8) is 0 Å². The third-order valence-corrected chi connectivity index (χ3v) is 6.07. The summed E-state index contributed by atoms with van der Waals surface area (Å²) in [5, 5.41) is 2.80. The lowest BCUT2D eigenvalue weighted by atomic mass is 10.1. The van der Waals surface area contributed by atoms with Gasteiger partial charge in [-0.1, -0.05) is 0 Å². The van der Waals surface area contributed by atoms with Gasteiger partial charge in [0.25, 0.3) is 0 Å². The maximum absolute atomic E-state index is 13.2. The molecule has 0 saturated carbocycles. The van der Waals surface area contributed by atoms with E-state index in [1.54, 1.807) is 17.2 Å². The van der Waals surface area contributed by atoms with Crippen LogP contribution in [0.2, 0.25) is 0 Å². The summed E-state index contributed by atoms with van der Waals surface area (Å²) in [5.41, 5.74) is 0.843. The second-order valence-corrected chi connectivity index (χ2v) is 8.53. The van der Waals surface area contributed by atoms with Crippen molar-refractivity contribution in [1.82, 2.24) is 19.9 Å². The average molecular weight is 479 g/mol. The molecule has 34 heavy (non-hydrogen) atoms. The normalized spacial score (nSPS) is 19.6. The lowest BCUT2D eigenvalue weighted by Gasteiger charge is -2.41. The van der Waals surface area contributed by atoms with Crippen LogP contribution in [0, 0.1) is 0 Å². The third kappa shape index (κ3) is 5.49. The number of anilines is 4. The minimum atomic E-state index is -4.21. The van der Waals surface area contributed by atoms with Crippen LogP contribution in [0.4, 0.5) is 41.1 Å². The monoisotopic (exact) mass is 478 g/mol. The van der Waals surface area contributed by atoms with Gasteiger partial charge in [0.05, 0.1) is 18.3 Å². The lowest BCUT2D eigenvalue weighted by Crippen LogP contribution is -2.52. The van der Waals surface area contributed by atoms with Crippen LogP contribution in [0.15, 0.2) is 30.7 Å². The Morgan fingerprint density at radius 1 is 1.18 bits per heavy atom. The minimum Gasteiger partial charge on any atom is -0.367 e. The molecule has 2 aliphatic heterocycles. The number of nitrogens with zero attached hydrogens (tertiary/aromatic N) is 7. The molecule has 184 valence electrons. The summed E-state index contributed by atoms with van der Waals surface area (Å²) >= 11 is 0. The van der Waals surface area contributed by atoms with Crippen molar-refractivity contribution >= 4 is 29.2 Å². The zero-order valence-electron chi connectivity index (χ0n) is 19.3. The first-order valence-electron chi connectivity index (χ1n) is 11.4. The molecule has 1 N–H and O–H groups in total. The molecule has 1 atom stereocenters. The zero-order chi connectivity index (χ0) is 24.3. The highest BCUT2D eigenvalue weighted by molar-refractivity contribution is 6.03. The predicted molar refractivity (Wildman–Crippen MR) is 124 cm³/mol. The molecule has 4 heterocycles. The Balaban J connectivity index is 1.58. The van der Waals surface area contributed by atoms with Gasteiger partial charge in [-0.05, 0) is 38.5 Å². The molecule has 0 radical (unpaired) electrons. The number of rotatable bonds is 4. The van der Waals surface area contributed by atoms with Crippen LogP contribution in [0.5, 0.6) is 0 Å². The second-order valence-electron chi connectivity index (χ2n) is 8.53. The maximum atomic E-state index is 13.2. The van der Waals surface area contributed by atoms with Gasteiger partial charge in [-0.15, -0.1) is 0 Å². The van der Waals surface area contributed by atoms with E-state index < -0.39 is 12.7 Å². The van der Waals surface area contributed by atoms with Crippen molar-refractivity contribution in [2.75, 3.05) is 65.8 Å². The van der Waals surface area contributed by atoms with Gasteiger partial charge in [-0.25, -0.2) is 19.7 Å². The number of aromatic nitrogens is 3. The molecule has 2 amide bonds. The lowest BCUT2D eigenvalue weighted by molar-refractivity contribution is -0.145. The Hall–Kier alpha value is -3.15. The third-order valence-electron chi connectivity index (χ3n) is 6.07. The molecule has 4 rings (SSSR count). The van der Waals surface area contributed by atoms with E-state index in [4.69, 9.17) is 4.98 Å². The number of carbonyl (C=O) groups excluding carboxylic acids is 1.